The predicted octanol–water partition coefficient (Wildman–Crippen LogP) is 3.09. The summed E-state index contributed by atoms with van der Waals surface area (Å²) in [6.45, 7) is 14.7. The van der Waals surface area contributed by atoms with Crippen LogP contribution in [0.2, 0.25) is 0 Å². The van der Waals surface area contributed by atoms with Crippen molar-refractivity contribution in [2.45, 2.75) is 47.1 Å². The van der Waals surface area contributed by atoms with Gasteiger partial charge in [0.15, 0.2) is 0 Å². The van der Waals surface area contributed by atoms with Gasteiger partial charge in [-0.25, -0.2) is 0 Å². The molecule has 0 aromatic carbocycles. The highest BCUT2D eigenvalue weighted by atomic mass is 35.5. The van der Waals surface area contributed by atoms with Crippen LogP contribution in [0.25, 0.3) is 0 Å². The lowest BCUT2D eigenvalue weighted by atomic mass is 9.72. The zero-order valence-electron chi connectivity index (χ0n) is 11.0. The lowest BCUT2D eigenvalue weighted by molar-refractivity contribution is -0.138. The van der Waals surface area contributed by atoms with Crippen molar-refractivity contribution in [3.63, 3.8) is 0 Å². The van der Waals surface area contributed by atoms with E-state index in [1.165, 1.54) is 0 Å². The Labute approximate surface area is 101 Å². The van der Waals surface area contributed by atoms with Gasteiger partial charge in [0.25, 0.3) is 0 Å². The maximum Gasteiger partial charge on any atom is 0.0751 e. The van der Waals surface area contributed by atoms with Crippen molar-refractivity contribution in [2.75, 3.05) is 13.2 Å². The van der Waals surface area contributed by atoms with Crippen molar-refractivity contribution in [3.8, 4) is 0 Å². The summed E-state index contributed by atoms with van der Waals surface area (Å²) in [6.07, 6.45) is 0. The van der Waals surface area contributed by atoms with Gasteiger partial charge in [0, 0.05) is 6.54 Å². The molecule has 0 unspecified atom stereocenters. The first-order valence-corrected chi connectivity index (χ1v) is 5.73. The molecule has 0 fully saturated rings. The highest BCUT2D eigenvalue weighted by Gasteiger charge is 2.40. The van der Waals surface area contributed by atoms with Gasteiger partial charge in [0.2, 0.25) is 0 Å². The highest BCUT2D eigenvalue weighted by molar-refractivity contribution is 5.85. The van der Waals surface area contributed by atoms with E-state index < -0.39 is 0 Å². The van der Waals surface area contributed by atoms with Crippen molar-refractivity contribution < 1.29 is 4.74 Å². The summed E-state index contributed by atoms with van der Waals surface area (Å²) in [7, 11) is 0. The second-order valence-electron chi connectivity index (χ2n) is 4.95. The summed E-state index contributed by atoms with van der Waals surface area (Å²) >= 11 is 0. The van der Waals surface area contributed by atoms with Gasteiger partial charge in [-0.1, -0.05) is 41.5 Å². The van der Waals surface area contributed by atoms with Crippen molar-refractivity contribution in [3.05, 3.63) is 0 Å². The fraction of sp³-hybridized carbons (Fsp3) is 1.00. The molecule has 0 bridgehead atoms. The summed E-state index contributed by atoms with van der Waals surface area (Å²) in [4.78, 5) is 0. The third-order valence-corrected chi connectivity index (χ3v) is 3.18. The summed E-state index contributed by atoms with van der Waals surface area (Å²) in [6, 6.07) is 0. The third-order valence-electron chi connectivity index (χ3n) is 3.18. The van der Waals surface area contributed by atoms with Crippen LogP contribution in [-0.2, 0) is 4.74 Å². The maximum atomic E-state index is 6.04. The fourth-order valence-electron chi connectivity index (χ4n) is 2.74. The van der Waals surface area contributed by atoms with Gasteiger partial charge in [-0.3, -0.25) is 0 Å². The smallest absolute Gasteiger partial charge is 0.0751 e. The van der Waals surface area contributed by atoms with Crippen LogP contribution in [0.5, 0.6) is 0 Å². The molecule has 0 aliphatic carbocycles. The Hall–Kier alpha value is 0.210. The van der Waals surface area contributed by atoms with Crippen LogP contribution >= 0.6 is 12.4 Å². The van der Waals surface area contributed by atoms with Gasteiger partial charge < -0.3 is 10.5 Å². The SMILES string of the molecule is CC(C)C(OCCN)(C(C)C)C(C)C.Cl. The monoisotopic (exact) mass is 237 g/mol. The van der Waals surface area contributed by atoms with Gasteiger partial charge in [-0.2, -0.15) is 0 Å². The Kier molecular flexibility index (Phi) is 8.77. The average Bonchev–Trinajstić information content (AvgIpc) is 2.03. The molecule has 3 heteroatoms. The Morgan fingerprint density at radius 3 is 1.47 bits per heavy atom. The molecular weight excluding hydrogens is 210 g/mol. The molecule has 0 rings (SSSR count). The topological polar surface area (TPSA) is 35.2 Å². The first-order valence-electron chi connectivity index (χ1n) is 5.73. The van der Waals surface area contributed by atoms with E-state index in [-0.39, 0.29) is 18.0 Å². The van der Waals surface area contributed by atoms with Crippen molar-refractivity contribution in [2.24, 2.45) is 23.5 Å². The molecule has 2 N–H and O–H groups in total. The minimum atomic E-state index is -0.0284. The Bertz CT molecular complexity index is 136. The van der Waals surface area contributed by atoms with Gasteiger partial charge in [-0.05, 0) is 17.8 Å². The van der Waals surface area contributed by atoms with E-state index in [1.54, 1.807) is 0 Å². The molecule has 0 radical (unpaired) electrons. The van der Waals surface area contributed by atoms with E-state index in [0.717, 1.165) is 0 Å². The zero-order valence-corrected chi connectivity index (χ0v) is 11.9. The van der Waals surface area contributed by atoms with Crippen LogP contribution in [0.15, 0.2) is 0 Å². The first kappa shape index (κ1) is 17.6. The van der Waals surface area contributed by atoms with Crippen molar-refractivity contribution in [1.82, 2.24) is 0 Å². The predicted molar refractivity (Wildman–Crippen MR) is 69.5 cm³/mol. The molecule has 0 aromatic heterocycles. The van der Waals surface area contributed by atoms with Gasteiger partial charge in [-0.15, -0.1) is 12.4 Å². The highest BCUT2D eigenvalue weighted by Crippen LogP contribution is 2.37. The van der Waals surface area contributed by atoms with Crippen LogP contribution in [0.3, 0.4) is 0 Å². The molecule has 0 amide bonds. The Morgan fingerprint density at radius 1 is 0.933 bits per heavy atom. The van der Waals surface area contributed by atoms with Crippen LogP contribution in [-0.4, -0.2) is 18.8 Å². The minimum absolute atomic E-state index is 0. The van der Waals surface area contributed by atoms with Gasteiger partial charge in [0.05, 0.1) is 12.2 Å². The standard InChI is InChI=1S/C12H27NO.ClH/c1-9(2)12(10(3)4,11(5)6)14-8-7-13;/h9-11H,7-8,13H2,1-6H3;1H. The number of hydrogen-bond acceptors (Lipinski definition) is 2. The molecule has 94 valence electrons. The molecule has 0 spiro atoms. The van der Waals surface area contributed by atoms with E-state index in [9.17, 15) is 0 Å². The molecule has 0 heterocycles. The fourth-order valence-corrected chi connectivity index (χ4v) is 2.74. The molecule has 0 atom stereocenters. The molecule has 0 saturated heterocycles. The van der Waals surface area contributed by atoms with E-state index in [2.05, 4.69) is 41.5 Å². The second-order valence-corrected chi connectivity index (χ2v) is 4.95. The third kappa shape index (κ3) is 3.93. The molecule has 0 aromatic rings. The molecule has 0 aliphatic rings. The summed E-state index contributed by atoms with van der Waals surface area (Å²) < 4.78 is 6.04. The minimum Gasteiger partial charge on any atom is -0.373 e. The second kappa shape index (κ2) is 7.48. The van der Waals surface area contributed by atoms with E-state index in [0.29, 0.717) is 30.9 Å². The lowest BCUT2D eigenvalue weighted by Crippen LogP contribution is -2.49. The quantitative estimate of drug-likeness (QED) is 0.771. The van der Waals surface area contributed by atoms with Crippen molar-refractivity contribution >= 4 is 12.4 Å². The number of ether oxygens (including phenoxy) is 1. The normalized spacial score (nSPS) is 12.4. The first-order chi connectivity index (χ1) is 6.39. The van der Waals surface area contributed by atoms with Crippen LogP contribution in [0.4, 0.5) is 0 Å². The van der Waals surface area contributed by atoms with Crippen molar-refractivity contribution in [1.29, 1.82) is 0 Å². The van der Waals surface area contributed by atoms with E-state index in [1.807, 2.05) is 0 Å². The lowest BCUT2D eigenvalue weighted by Gasteiger charge is -2.44. The Balaban J connectivity index is 0. The molecular formula is C12H28ClNO. The van der Waals surface area contributed by atoms with Crippen LogP contribution < -0.4 is 5.73 Å². The van der Waals surface area contributed by atoms with Crippen LogP contribution in [0, 0.1) is 17.8 Å². The zero-order chi connectivity index (χ0) is 11.4. The van der Waals surface area contributed by atoms with E-state index >= 15 is 0 Å². The molecule has 0 aliphatic heterocycles. The Morgan fingerprint density at radius 2 is 1.27 bits per heavy atom. The maximum absolute atomic E-state index is 6.04. The number of nitrogens with two attached hydrogens (primary N) is 1. The number of hydrogen-bond donors (Lipinski definition) is 1. The van der Waals surface area contributed by atoms with Gasteiger partial charge >= 0.3 is 0 Å². The average molecular weight is 238 g/mol. The largest absolute Gasteiger partial charge is 0.373 e. The molecule has 15 heavy (non-hydrogen) atoms. The summed E-state index contributed by atoms with van der Waals surface area (Å²) in [5.74, 6) is 1.57. The van der Waals surface area contributed by atoms with E-state index in [4.69, 9.17) is 10.5 Å². The molecule has 2 nitrogen and oxygen atoms in total. The number of rotatable bonds is 6. The summed E-state index contributed by atoms with van der Waals surface area (Å²) in [5, 5.41) is 0. The summed E-state index contributed by atoms with van der Waals surface area (Å²) in [5.41, 5.74) is 5.48. The number of halogens is 1. The van der Waals surface area contributed by atoms with Gasteiger partial charge in [0.1, 0.15) is 0 Å². The van der Waals surface area contributed by atoms with Crippen LogP contribution in [0.1, 0.15) is 41.5 Å². The molecule has 0 saturated carbocycles.